The number of nitrogens with zero attached hydrogens (tertiary/aromatic N) is 1. The van der Waals surface area contributed by atoms with Crippen molar-refractivity contribution in [2.75, 3.05) is 12.3 Å². The number of benzene rings is 2. The molecule has 0 aliphatic carbocycles. The molecule has 28 heavy (non-hydrogen) atoms. The van der Waals surface area contributed by atoms with E-state index in [1.165, 1.54) is 11.8 Å². The van der Waals surface area contributed by atoms with Crippen LogP contribution >= 0.6 is 23.4 Å². The van der Waals surface area contributed by atoms with E-state index in [2.05, 4.69) is 5.32 Å². The average Bonchev–Trinajstić information content (AvgIpc) is 2.70. The molecule has 0 saturated carbocycles. The number of rotatable bonds is 10. The normalized spacial score (nSPS) is 11.7. The quantitative estimate of drug-likeness (QED) is 0.617. The lowest BCUT2D eigenvalue weighted by atomic mass is 10.1. The van der Waals surface area contributed by atoms with E-state index < -0.39 is 6.04 Å². The summed E-state index contributed by atoms with van der Waals surface area (Å²) in [6.45, 7) is 4.78. The molecule has 6 heteroatoms. The van der Waals surface area contributed by atoms with E-state index in [-0.39, 0.29) is 11.8 Å². The fourth-order valence-electron chi connectivity index (χ4n) is 2.94. The Morgan fingerprint density at radius 3 is 2.39 bits per heavy atom. The van der Waals surface area contributed by atoms with Gasteiger partial charge in [-0.3, -0.25) is 9.59 Å². The Morgan fingerprint density at radius 1 is 1.07 bits per heavy atom. The van der Waals surface area contributed by atoms with Crippen molar-refractivity contribution in [1.82, 2.24) is 10.2 Å². The van der Waals surface area contributed by atoms with Gasteiger partial charge in [-0.15, -0.1) is 11.8 Å². The summed E-state index contributed by atoms with van der Waals surface area (Å²) >= 11 is 7.71. The molecule has 0 fully saturated rings. The van der Waals surface area contributed by atoms with Crippen LogP contribution in [-0.2, 0) is 21.9 Å². The first kappa shape index (κ1) is 22.3. The Balaban J connectivity index is 2.09. The van der Waals surface area contributed by atoms with Gasteiger partial charge >= 0.3 is 0 Å². The van der Waals surface area contributed by atoms with Gasteiger partial charge in [0, 0.05) is 23.9 Å². The summed E-state index contributed by atoms with van der Waals surface area (Å²) in [6.07, 6.45) is 0.569. The van der Waals surface area contributed by atoms with Crippen LogP contribution in [0.4, 0.5) is 0 Å². The first-order chi connectivity index (χ1) is 13.6. The molecule has 1 N–H and O–H groups in total. The first-order valence-electron chi connectivity index (χ1n) is 9.49. The lowest BCUT2D eigenvalue weighted by molar-refractivity contribution is -0.139. The number of carbonyl (C=O) groups is 2. The molecule has 0 unspecified atom stereocenters. The van der Waals surface area contributed by atoms with E-state index in [0.717, 1.165) is 11.1 Å². The summed E-state index contributed by atoms with van der Waals surface area (Å²) in [5, 5.41) is 3.56. The third-order valence-electron chi connectivity index (χ3n) is 4.37. The van der Waals surface area contributed by atoms with E-state index in [1.54, 1.807) is 4.90 Å². The number of likely N-dealkylation sites (N-methyl/N-ethyl adjacent to an activating group) is 1. The summed E-state index contributed by atoms with van der Waals surface area (Å²) in [7, 11) is 0. The number of amides is 2. The SMILES string of the molecule is CCNC(=O)[C@H](CC)N(Cc1ccccc1)C(=O)CSCc1ccccc1Cl. The molecule has 0 aliphatic rings. The highest BCUT2D eigenvalue weighted by Gasteiger charge is 2.28. The average molecular weight is 419 g/mol. The van der Waals surface area contributed by atoms with Gasteiger partial charge in [0.05, 0.1) is 5.75 Å². The van der Waals surface area contributed by atoms with Crippen LogP contribution in [0.3, 0.4) is 0 Å². The summed E-state index contributed by atoms with van der Waals surface area (Å²) in [4.78, 5) is 27.2. The van der Waals surface area contributed by atoms with Crippen molar-refractivity contribution >= 4 is 35.2 Å². The molecule has 4 nitrogen and oxygen atoms in total. The van der Waals surface area contributed by atoms with E-state index in [9.17, 15) is 9.59 Å². The standard InChI is InChI=1S/C22H27ClN2O2S/c1-3-20(22(27)24-4-2)25(14-17-10-6-5-7-11-17)21(26)16-28-15-18-12-8-9-13-19(18)23/h5-13,20H,3-4,14-16H2,1-2H3,(H,24,27)/t20-/m0/s1. The molecule has 2 aromatic carbocycles. The number of hydrogen-bond acceptors (Lipinski definition) is 3. The number of hydrogen-bond donors (Lipinski definition) is 1. The Labute approximate surface area is 176 Å². The molecule has 150 valence electrons. The largest absolute Gasteiger partial charge is 0.355 e. The van der Waals surface area contributed by atoms with Gasteiger partial charge in [-0.2, -0.15) is 0 Å². The molecule has 0 bridgehead atoms. The van der Waals surface area contributed by atoms with Crippen LogP contribution in [0.25, 0.3) is 0 Å². The third-order valence-corrected chi connectivity index (χ3v) is 5.71. The molecule has 0 spiro atoms. The van der Waals surface area contributed by atoms with Gasteiger partial charge in [-0.05, 0) is 30.5 Å². The molecule has 2 rings (SSSR count). The smallest absolute Gasteiger partial charge is 0.242 e. The molecule has 2 amide bonds. The molecule has 0 saturated heterocycles. The monoisotopic (exact) mass is 418 g/mol. The van der Waals surface area contributed by atoms with E-state index in [4.69, 9.17) is 11.6 Å². The molecule has 2 aromatic rings. The van der Waals surface area contributed by atoms with Crippen molar-refractivity contribution in [3.05, 3.63) is 70.7 Å². The minimum atomic E-state index is -0.478. The van der Waals surface area contributed by atoms with Gasteiger partial charge in [0.2, 0.25) is 11.8 Å². The Hall–Kier alpha value is -1.98. The van der Waals surface area contributed by atoms with Crippen molar-refractivity contribution in [2.45, 2.75) is 38.6 Å². The van der Waals surface area contributed by atoms with Crippen LogP contribution in [-0.4, -0.2) is 35.1 Å². The van der Waals surface area contributed by atoms with Crippen LogP contribution in [0.2, 0.25) is 5.02 Å². The summed E-state index contributed by atoms with van der Waals surface area (Å²) in [5.74, 6) is 0.806. The highest BCUT2D eigenvalue weighted by molar-refractivity contribution is 7.99. The molecule has 0 aliphatic heterocycles. The van der Waals surface area contributed by atoms with E-state index in [1.807, 2.05) is 68.4 Å². The lowest BCUT2D eigenvalue weighted by Crippen LogP contribution is -2.49. The fraction of sp³-hybridized carbons (Fsp3) is 0.364. The summed E-state index contributed by atoms with van der Waals surface area (Å²) in [6, 6.07) is 16.9. The fourth-order valence-corrected chi connectivity index (χ4v) is 4.13. The van der Waals surface area contributed by atoms with Crippen molar-refractivity contribution in [3.63, 3.8) is 0 Å². The molecule has 0 heterocycles. The first-order valence-corrected chi connectivity index (χ1v) is 11.0. The number of thioether (sulfide) groups is 1. The lowest BCUT2D eigenvalue weighted by Gasteiger charge is -2.30. The summed E-state index contributed by atoms with van der Waals surface area (Å²) < 4.78 is 0. The second-order valence-electron chi connectivity index (χ2n) is 6.41. The molecular formula is C22H27ClN2O2S. The van der Waals surface area contributed by atoms with Crippen molar-refractivity contribution in [3.8, 4) is 0 Å². The minimum absolute atomic E-state index is 0.0426. The Kier molecular flexibility index (Phi) is 9.38. The van der Waals surface area contributed by atoms with E-state index >= 15 is 0 Å². The maximum Gasteiger partial charge on any atom is 0.242 e. The number of nitrogens with one attached hydrogen (secondary N) is 1. The predicted octanol–water partition coefficient (Wildman–Crippen LogP) is 4.52. The highest BCUT2D eigenvalue weighted by Crippen LogP contribution is 2.22. The van der Waals surface area contributed by atoms with Gasteiger partial charge < -0.3 is 10.2 Å². The number of halogens is 1. The molecule has 0 aromatic heterocycles. The Bertz CT molecular complexity index is 770. The second-order valence-corrected chi connectivity index (χ2v) is 7.80. The maximum absolute atomic E-state index is 13.0. The zero-order valence-electron chi connectivity index (χ0n) is 16.4. The predicted molar refractivity (Wildman–Crippen MR) is 117 cm³/mol. The van der Waals surface area contributed by atoms with Crippen LogP contribution in [0, 0.1) is 0 Å². The van der Waals surface area contributed by atoms with Gasteiger partial charge in [0.15, 0.2) is 0 Å². The molecular weight excluding hydrogens is 392 g/mol. The van der Waals surface area contributed by atoms with Crippen LogP contribution in [0.5, 0.6) is 0 Å². The third kappa shape index (κ3) is 6.57. The molecule has 0 radical (unpaired) electrons. The topological polar surface area (TPSA) is 49.4 Å². The zero-order chi connectivity index (χ0) is 20.4. The van der Waals surface area contributed by atoms with Gasteiger partial charge in [-0.1, -0.05) is 67.1 Å². The summed E-state index contributed by atoms with van der Waals surface area (Å²) in [5.41, 5.74) is 2.02. The molecule has 1 atom stereocenters. The highest BCUT2D eigenvalue weighted by atomic mass is 35.5. The zero-order valence-corrected chi connectivity index (χ0v) is 17.9. The van der Waals surface area contributed by atoms with Crippen molar-refractivity contribution in [1.29, 1.82) is 0 Å². The van der Waals surface area contributed by atoms with Crippen molar-refractivity contribution < 1.29 is 9.59 Å². The van der Waals surface area contributed by atoms with Crippen LogP contribution in [0.1, 0.15) is 31.4 Å². The minimum Gasteiger partial charge on any atom is -0.355 e. The maximum atomic E-state index is 13.0. The van der Waals surface area contributed by atoms with Crippen LogP contribution in [0.15, 0.2) is 54.6 Å². The Morgan fingerprint density at radius 2 is 1.75 bits per heavy atom. The van der Waals surface area contributed by atoms with Crippen molar-refractivity contribution in [2.24, 2.45) is 0 Å². The van der Waals surface area contributed by atoms with Gasteiger partial charge in [0.25, 0.3) is 0 Å². The van der Waals surface area contributed by atoms with Gasteiger partial charge in [0.1, 0.15) is 6.04 Å². The van der Waals surface area contributed by atoms with E-state index in [0.29, 0.717) is 36.0 Å². The van der Waals surface area contributed by atoms with Crippen LogP contribution < -0.4 is 5.32 Å². The number of carbonyl (C=O) groups excluding carboxylic acids is 2. The second kappa shape index (κ2) is 11.8. The van der Waals surface area contributed by atoms with Gasteiger partial charge in [-0.25, -0.2) is 0 Å².